The summed E-state index contributed by atoms with van der Waals surface area (Å²) in [5, 5.41) is 11.1. The zero-order valence-electron chi connectivity index (χ0n) is 17.1. The van der Waals surface area contributed by atoms with Gasteiger partial charge < -0.3 is 19.5 Å². The minimum absolute atomic E-state index is 0.0879. The van der Waals surface area contributed by atoms with Gasteiger partial charge in [0.15, 0.2) is 0 Å². The van der Waals surface area contributed by atoms with Crippen LogP contribution in [0.5, 0.6) is 5.75 Å². The van der Waals surface area contributed by atoms with E-state index in [0.717, 1.165) is 11.1 Å². The van der Waals surface area contributed by atoms with Crippen LogP contribution in [0.25, 0.3) is 5.76 Å². The molecule has 2 aromatic rings. The molecular weight excluding hydrogens is 370 g/mol. The van der Waals surface area contributed by atoms with Gasteiger partial charge in [-0.1, -0.05) is 29.8 Å². The number of benzene rings is 2. The van der Waals surface area contributed by atoms with Crippen molar-refractivity contribution >= 4 is 17.4 Å². The van der Waals surface area contributed by atoms with Crippen molar-refractivity contribution in [2.45, 2.75) is 19.9 Å². The number of aliphatic hydroxyl groups excluding tert-OH is 1. The maximum atomic E-state index is 12.9. The lowest BCUT2D eigenvalue weighted by atomic mass is 9.93. The number of carbonyl (C=O) groups is 2. The van der Waals surface area contributed by atoms with E-state index >= 15 is 0 Å². The van der Waals surface area contributed by atoms with E-state index in [1.807, 2.05) is 32.0 Å². The average Bonchev–Trinajstić information content (AvgIpc) is 2.98. The third-order valence-electron chi connectivity index (χ3n) is 5.16. The summed E-state index contributed by atoms with van der Waals surface area (Å²) in [6.45, 7) is 4.29. The third-order valence-corrected chi connectivity index (χ3v) is 5.16. The van der Waals surface area contributed by atoms with E-state index in [2.05, 4.69) is 0 Å². The summed E-state index contributed by atoms with van der Waals surface area (Å²) in [5.74, 6) is -0.836. The number of rotatable bonds is 6. The maximum Gasteiger partial charge on any atom is 0.295 e. The van der Waals surface area contributed by atoms with Crippen molar-refractivity contribution in [3.63, 3.8) is 0 Å². The molecule has 3 rings (SSSR count). The fourth-order valence-corrected chi connectivity index (χ4v) is 3.57. The number of nitrogens with zero attached hydrogens (tertiary/aromatic N) is 1. The first-order valence-electron chi connectivity index (χ1n) is 9.38. The van der Waals surface area contributed by atoms with Crippen molar-refractivity contribution in [1.29, 1.82) is 0 Å². The Morgan fingerprint density at radius 3 is 2.38 bits per heavy atom. The fourth-order valence-electron chi connectivity index (χ4n) is 3.57. The molecule has 0 aromatic heterocycles. The van der Waals surface area contributed by atoms with Crippen LogP contribution in [0.4, 0.5) is 0 Å². The number of methoxy groups -OCH3 is 2. The molecule has 6 nitrogen and oxygen atoms in total. The number of hydrogen-bond acceptors (Lipinski definition) is 5. The number of ether oxygens (including phenoxy) is 2. The number of likely N-dealkylation sites (tertiary alicyclic amines) is 1. The second-order valence-corrected chi connectivity index (χ2v) is 7.08. The molecule has 0 saturated carbocycles. The van der Waals surface area contributed by atoms with Gasteiger partial charge in [0.05, 0.1) is 25.3 Å². The Kier molecular flexibility index (Phi) is 6.03. The standard InChI is InChI=1S/C23H25NO5/c1-14-5-6-15(2)18(13-14)21(25)19-20(16-7-9-17(29-4)10-8-16)24(11-12-28-3)23(27)22(19)26/h5-10,13,20,25H,11-12H2,1-4H3. The van der Waals surface area contributed by atoms with E-state index in [1.165, 1.54) is 12.0 Å². The van der Waals surface area contributed by atoms with Gasteiger partial charge in [-0.15, -0.1) is 0 Å². The molecule has 0 aliphatic carbocycles. The summed E-state index contributed by atoms with van der Waals surface area (Å²) in [4.78, 5) is 27.1. The summed E-state index contributed by atoms with van der Waals surface area (Å²) < 4.78 is 10.3. The van der Waals surface area contributed by atoms with Crippen molar-refractivity contribution in [2.75, 3.05) is 27.4 Å². The van der Waals surface area contributed by atoms with Gasteiger partial charge in [0.1, 0.15) is 11.5 Å². The van der Waals surface area contributed by atoms with Crippen molar-refractivity contribution in [2.24, 2.45) is 0 Å². The van der Waals surface area contributed by atoms with Crippen LogP contribution in [0, 0.1) is 13.8 Å². The lowest BCUT2D eigenvalue weighted by Crippen LogP contribution is -2.32. The first-order chi connectivity index (χ1) is 13.9. The molecule has 0 bridgehead atoms. The molecular formula is C23H25NO5. The van der Waals surface area contributed by atoms with E-state index in [0.29, 0.717) is 16.9 Å². The number of Topliss-reactive ketones (excluding diaryl/α,β-unsaturated/α-hetero) is 1. The number of hydrogen-bond donors (Lipinski definition) is 1. The summed E-state index contributed by atoms with van der Waals surface area (Å²) in [6, 6.07) is 12.1. The molecule has 1 saturated heterocycles. The molecule has 152 valence electrons. The third kappa shape index (κ3) is 3.89. The van der Waals surface area contributed by atoms with Gasteiger partial charge in [-0.3, -0.25) is 9.59 Å². The van der Waals surface area contributed by atoms with Crippen LogP contribution < -0.4 is 4.74 Å². The van der Waals surface area contributed by atoms with Gasteiger partial charge >= 0.3 is 0 Å². The molecule has 0 spiro atoms. The molecule has 1 fully saturated rings. The van der Waals surface area contributed by atoms with Crippen LogP contribution in [0.3, 0.4) is 0 Å². The Morgan fingerprint density at radius 1 is 1.07 bits per heavy atom. The highest BCUT2D eigenvalue weighted by Crippen LogP contribution is 2.40. The molecule has 1 atom stereocenters. The molecule has 0 radical (unpaired) electrons. The quantitative estimate of drug-likeness (QED) is 0.461. The summed E-state index contributed by atoms with van der Waals surface area (Å²) in [7, 11) is 3.11. The van der Waals surface area contributed by atoms with Gasteiger partial charge in [0, 0.05) is 19.2 Å². The highest BCUT2D eigenvalue weighted by atomic mass is 16.5. The Hall–Kier alpha value is -3.12. The number of aryl methyl sites for hydroxylation is 2. The van der Waals surface area contributed by atoms with Crippen LogP contribution in [-0.2, 0) is 14.3 Å². The van der Waals surface area contributed by atoms with E-state index in [-0.39, 0.29) is 24.5 Å². The van der Waals surface area contributed by atoms with Gasteiger partial charge in [0.2, 0.25) is 0 Å². The highest BCUT2D eigenvalue weighted by molar-refractivity contribution is 6.46. The number of carbonyl (C=O) groups excluding carboxylic acids is 2. The van der Waals surface area contributed by atoms with E-state index in [1.54, 1.807) is 31.4 Å². The molecule has 1 N–H and O–H groups in total. The Morgan fingerprint density at radius 2 is 1.76 bits per heavy atom. The van der Waals surface area contributed by atoms with Crippen LogP contribution in [0.1, 0.15) is 28.3 Å². The Balaban J connectivity index is 2.19. The van der Waals surface area contributed by atoms with Crippen molar-refractivity contribution in [3.8, 4) is 5.75 Å². The zero-order valence-corrected chi connectivity index (χ0v) is 17.1. The van der Waals surface area contributed by atoms with Gasteiger partial charge in [-0.2, -0.15) is 0 Å². The predicted molar refractivity (Wildman–Crippen MR) is 110 cm³/mol. The lowest BCUT2D eigenvalue weighted by Gasteiger charge is -2.25. The van der Waals surface area contributed by atoms with Crippen LogP contribution in [0.2, 0.25) is 0 Å². The largest absolute Gasteiger partial charge is 0.507 e. The predicted octanol–water partition coefficient (Wildman–Crippen LogP) is 3.38. The van der Waals surface area contributed by atoms with Crippen LogP contribution >= 0.6 is 0 Å². The highest BCUT2D eigenvalue weighted by Gasteiger charge is 2.46. The fraction of sp³-hybridized carbons (Fsp3) is 0.304. The molecule has 1 unspecified atom stereocenters. The Bertz CT molecular complexity index is 962. The second-order valence-electron chi connectivity index (χ2n) is 7.08. The normalized spacial score (nSPS) is 18.3. The molecule has 1 aliphatic rings. The van der Waals surface area contributed by atoms with Crippen molar-refractivity contribution < 1.29 is 24.2 Å². The minimum atomic E-state index is -0.698. The van der Waals surface area contributed by atoms with Gasteiger partial charge in [-0.25, -0.2) is 0 Å². The van der Waals surface area contributed by atoms with E-state index in [4.69, 9.17) is 9.47 Å². The van der Waals surface area contributed by atoms with E-state index < -0.39 is 17.7 Å². The van der Waals surface area contributed by atoms with Crippen LogP contribution in [-0.4, -0.2) is 49.1 Å². The Labute approximate surface area is 170 Å². The first kappa shape index (κ1) is 20.6. The molecule has 2 aromatic carbocycles. The van der Waals surface area contributed by atoms with Gasteiger partial charge in [-0.05, 0) is 43.2 Å². The van der Waals surface area contributed by atoms with Gasteiger partial charge in [0.25, 0.3) is 11.7 Å². The second kappa shape index (κ2) is 8.49. The van der Waals surface area contributed by atoms with Crippen molar-refractivity contribution in [3.05, 3.63) is 70.3 Å². The smallest absolute Gasteiger partial charge is 0.295 e. The van der Waals surface area contributed by atoms with Crippen LogP contribution in [0.15, 0.2) is 48.0 Å². The molecule has 1 aliphatic heterocycles. The SMILES string of the molecule is COCCN1C(=O)C(=O)C(=C(O)c2cc(C)ccc2C)C1c1ccc(OC)cc1. The molecule has 6 heteroatoms. The maximum absolute atomic E-state index is 12.9. The molecule has 29 heavy (non-hydrogen) atoms. The summed E-state index contributed by atoms with van der Waals surface area (Å²) in [6.07, 6.45) is 0. The monoisotopic (exact) mass is 395 g/mol. The number of ketones is 1. The first-order valence-corrected chi connectivity index (χ1v) is 9.38. The topological polar surface area (TPSA) is 76.1 Å². The lowest BCUT2D eigenvalue weighted by molar-refractivity contribution is -0.140. The average molecular weight is 395 g/mol. The summed E-state index contributed by atoms with van der Waals surface area (Å²) >= 11 is 0. The van der Waals surface area contributed by atoms with Crippen molar-refractivity contribution in [1.82, 2.24) is 4.90 Å². The molecule has 1 amide bonds. The number of amides is 1. The molecule has 1 heterocycles. The zero-order chi connectivity index (χ0) is 21.1. The van der Waals surface area contributed by atoms with E-state index in [9.17, 15) is 14.7 Å². The number of aliphatic hydroxyl groups is 1. The summed E-state index contributed by atoms with van der Waals surface area (Å²) in [5.41, 5.74) is 3.13. The minimum Gasteiger partial charge on any atom is -0.507 e.